The number of hydrogen-bond acceptors (Lipinski definition) is 7. The summed E-state index contributed by atoms with van der Waals surface area (Å²) >= 11 is 5.99. The van der Waals surface area contributed by atoms with Crippen molar-refractivity contribution in [3.63, 3.8) is 0 Å². The number of hydrogen-bond donors (Lipinski definition) is 3. The van der Waals surface area contributed by atoms with Gasteiger partial charge in [-0.3, -0.25) is 13.9 Å². The average molecular weight is 392 g/mol. The van der Waals surface area contributed by atoms with Crippen LogP contribution in [0.15, 0.2) is 22.6 Å². The Morgan fingerprint density at radius 1 is 1.44 bits per heavy atom. The van der Waals surface area contributed by atoms with Crippen LogP contribution in [0.5, 0.6) is 11.5 Å². The van der Waals surface area contributed by atoms with E-state index in [0.29, 0.717) is 6.42 Å². The third kappa shape index (κ3) is 3.28. The number of aromatic hydroxyl groups is 1. The molecule has 1 aliphatic heterocycles. The summed E-state index contributed by atoms with van der Waals surface area (Å²) in [5.41, 5.74) is 0.163. The highest BCUT2D eigenvalue weighted by Gasteiger charge is 2.37. The van der Waals surface area contributed by atoms with Crippen molar-refractivity contribution in [3.8, 4) is 22.8 Å². The molecule has 0 unspecified atom stereocenters. The van der Waals surface area contributed by atoms with E-state index in [1.54, 1.807) is 0 Å². The van der Waals surface area contributed by atoms with Gasteiger partial charge in [-0.2, -0.15) is 0 Å². The molecule has 1 aliphatic rings. The zero-order valence-electron chi connectivity index (χ0n) is 13.0. The van der Waals surface area contributed by atoms with Gasteiger partial charge in [0.05, 0.1) is 10.8 Å². The lowest BCUT2D eigenvalue weighted by molar-refractivity contribution is -0.132. The molecular formula is C15H15ClFNO6S. The Morgan fingerprint density at radius 2 is 2.16 bits per heavy atom. The van der Waals surface area contributed by atoms with Crippen molar-refractivity contribution in [2.45, 2.75) is 13.3 Å². The van der Waals surface area contributed by atoms with E-state index in [-0.39, 0.29) is 40.3 Å². The molecule has 2 aromatic rings. The number of anilines is 1. The maximum absolute atomic E-state index is 13.2. The molecule has 3 rings (SSSR count). The summed E-state index contributed by atoms with van der Waals surface area (Å²) in [7, 11) is -3.16. The van der Waals surface area contributed by atoms with Gasteiger partial charge in [0.2, 0.25) is 11.5 Å². The highest BCUT2D eigenvalue weighted by molar-refractivity contribution is 8.25. The Kier molecular flexibility index (Phi) is 4.58. The van der Waals surface area contributed by atoms with Crippen LogP contribution in [0.1, 0.15) is 13.3 Å². The highest BCUT2D eigenvalue weighted by atomic mass is 35.5. The van der Waals surface area contributed by atoms with Gasteiger partial charge in [0.15, 0.2) is 5.76 Å². The lowest BCUT2D eigenvalue weighted by Crippen LogP contribution is -2.22. The minimum absolute atomic E-state index is 0.0296. The summed E-state index contributed by atoms with van der Waals surface area (Å²) in [5, 5.41) is 10.4. The lowest BCUT2D eigenvalue weighted by atomic mass is 10.1. The fraction of sp³-hybridized carbons (Fsp3) is 0.267. The van der Waals surface area contributed by atoms with Gasteiger partial charge in [0.1, 0.15) is 5.82 Å². The second-order valence-electron chi connectivity index (χ2n) is 5.42. The normalized spacial score (nSPS) is 17.6. The molecule has 0 spiro atoms. The van der Waals surface area contributed by atoms with Crippen molar-refractivity contribution in [1.82, 2.24) is 0 Å². The first-order valence-corrected chi connectivity index (χ1v) is 9.29. The molecule has 25 heavy (non-hydrogen) atoms. The van der Waals surface area contributed by atoms with E-state index in [1.807, 2.05) is 0 Å². The van der Waals surface area contributed by atoms with E-state index < -0.39 is 28.3 Å². The topological polar surface area (TPSA) is 103 Å². The van der Waals surface area contributed by atoms with Crippen LogP contribution in [0, 0.1) is 5.82 Å². The monoisotopic (exact) mass is 391 g/mol. The summed E-state index contributed by atoms with van der Waals surface area (Å²) in [5.74, 6) is -2.43. The first kappa shape index (κ1) is 17.9. The van der Waals surface area contributed by atoms with Gasteiger partial charge >= 0.3 is 5.97 Å². The molecule has 1 fully saturated rings. The standard InChI is InChI=1S/C15H15ClFNO6S/c1-8(19)23-14-12(20)13(10-4-3-9(17)7-11(10)16)24-15(14)18-5-2-6-25(18,21)22/h3-4,7,20-22H,2,5-6H2,1H3. The Labute approximate surface area is 149 Å². The van der Waals surface area contributed by atoms with Crippen LogP contribution in [0.25, 0.3) is 11.3 Å². The summed E-state index contributed by atoms with van der Waals surface area (Å²) in [6, 6.07) is 3.45. The molecule has 1 saturated heterocycles. The molecule has 2 heterocycles. The third-order valence-corrected chi connectivity index (χ3v) is 5.81. The highest BCUT2D eigenvalue weighted by Crippen LogP contribution is 2.58. The molecule has 3 N–H and O–H groups in total. The molecule has 0 atom stereocenters. The quantitative estimate of drug-likeness (QED) is 0.672. The number of benzene rings is 1. The number of carbonyl (C=O) groups is 1. The first-order valence-electron chi connectivity index (χ1n) is 7.24. The number of nitrogens with zero attached hydrogens (tertiary/aromatic N) is 1. The molecule has 0 radical (unpaired) electrons. The van der Waals surface area contributed by atoms with Crippen LogP contribution in [0.4, 0.5) is 10.3 Å². The SMILES string of the molecule is CC(=O)Oc1c(N2CCCS2(O)O)oc(-c2ccc(F)cc2Cl)c1O. The van der Waals surface area contributed by atoms with Gasteiger partial charge < -0.3 is 14.3 Å². The third-order valence-electron chi connectivity index (χ3n) is 3.60. The van der Waals surface area contributed by atoms with E-state index in [9.17, 15) is 23.4 Å². The lowest BCUT2D eigenvalue weighted by Gasteiger charge is -2.36. The molecule has 0 aliphatic carbocycles. The Bertz CT molecular complexity index is 840. The summed E-state index contributed by atoms with van der Waals surface area (Å²) in [6.07, 6.45) is 0.482. The average Bonchev–Trinajstić information content (AvgIpc) is 3.00. The van der Waals surface area contributed by atoms with E-state index in [4.69, 9.17) is 20.8 Å². The fourth-order valence-electron chi connectivity index (χ4n) is 2.54. The molecule has 1 aromatic carbocycles. The Hall–Kier alpha value is -1.94. The van der Waals surface area contributed by atoms with E-state index in [1.165, 1.54) is 6.07 Å². The number of halogens is 2. The molecule has 136 valence electrons. The maximum atomic E-state index is 13.2. The van der Waals surface area contributed by atoms with Crippen molar-refractivity contribution in [2.24, 2.45) is 0 Å². The van der Waals surface area contributed by atoms with Crippen LogP contribution in [-0.4, -0.2) is 32.5 Å². The smallest absolute Gasteiger partial charge is 0.308 e. The van der Waals surface area contributed by atoms with E-state index >= 15 is 0 Å². The van der Waals surface area contributed by atoms with Gasteiger partial charge in [-0.15, -0.1) is 10.8 Å². The van der Waals surface area contributed by atoms with Crippen LogP contribution < -0.4 is 9.04 Å². The number of esters is 1. The van der Waals surface area contributed by atoms with Gasteiger partial charge in [0.25, 0.3) is 5.88 Å². The van der Waals surface area contributed by atoms with Crippen molar-refractivity contribution in [1.29, 1.82) is 0 Å². The molecule has 0 bridgehead atoms. The van der Waals surface area contributed by atoms with Gasteiger partial charge in [-0.25, -0.2) is 8.70 Å². The zero-order chi connectivity index (χ0) is 18.4. The van der Waals surface area contributed by atoms with Crippen LogP contribution in [0.3, 0.4) is 0 Å². The summed E-state index contributed by atoms with van der Waals surface area (Å²) < 4.78 is 45.2. The van der Waals surface area contributed by atoms with Crippen molar-refractivity contribution in [2.75, 3.05) is 16.6 Å². The summed E-state index contributed by atoms with van der Waals surface area (Å²) in [4.78, 5) is 11.4. The van der Waals surface area contributed by atoms with E-state index in [0.717, 1.165) is 23.4 Å². The van der Waals surface area contributed by atoms with Gasteiger partial charge in [0, 0.05) is 19.0 Å². The van der Waals surface area contributed by atoms with Crippen LogP contribution in [-0.2, 0) is 4.79 Å². The number of carbonyl (C=O) groups excluding carboxylic acids is 1. The van der Waals surface area contributed by atoms with Crippen molar-refractivity contribution >= 4 is 34.2 Å². The first-order chi connectivity index (χ1) is 11.7. The molecule has 10 heteroatoms. The van der Waals surface area contributed by atoms with Crippen molar-refractivity contribution < 1.29 is 32.6 Å². The second-order valence-corrected chi connectivity index (χ2v) is 7.94. The predicted molar refractivity (Wildman–Crippen MR) is 91.8 cm³/mol. The maximum Gasteiger partial charge on any atom is 0.308 e. The summed E-state index contributed by atoms with van der Waals surface area (Å²) in [6.45, 7) is 1.36. The Balaban J connectivity index is 2.16. The largest absolute Gasteiger partial charge is 0.502 e. The molecule has 1 aromatic heterocycles. The predicted octanol–water partition coefficient (Wildman–Crippen LogP) is 4.25. The second kappa shape index (κ2) is 6.41. The molecule has 7 nitrogen and oxygen atoms in total. The molecule has 0 amide bonds. The molecule has 0 saturated carbocycles. The number of furan rings is 1. The number of ether oxygens (including phenoxy) is 1. The van der Waals surface area contributed by atoms with E-state index in [2.05, 4.69) is 0 Å². The van der Waals surface area contributed by atoms with Crippen LogP contribution >= 0.6 is 22.4 Å². The van der Waals surface area contributed by atoms with Crippen LogP contribution in [0.2, 0.25) is 5.02 Å². The minimum Gasteiger partial charge on any atom is -0.502 e. The minimum atomic E-state index is -3.16. The van der Waals surface area contributed by atoms with Crippen molar-refractivity contribution in [3.05, 3.63) is 29.0 Å². The molecular weight excluding hydrogens is 377 g/mol. The number of rotatable bonds is 3. The Morgan fingerprint density at radius 3 is 2.72 bits per heavy atom. The van der Waals surface area contributed by atoms with Gasteiger partial charge in [-0.1, -0.05) is 11.6 Å². The fourth-order valence-corrected chi connectivity index (χ4v) is 4.34. The zero-order valence-corrected chi connectivity index (χ0v) is 14.6. The van der Waals surface area contributed by atoms with Gasteiger partial charge in [-0.05, 0) is 24.6 Å².